The maximum atomic E-state index is 13.4. The van der Waals surface area contributed by atoms with Gasteiger partial charge >= 0.3 is 5.97 Å². The molecule has 1 unspecified atom stereocenters. The number of esters is 1. The molecule has 2 aromatic rings. The van der Waals surface area contributed by atoms with Crippen LogP contribution in [0.15, 0.2) is 29.6 Å². The Morgan fingerprint density at radius 2 is 1.75 bits per heavy atom. The fourth-order valence-corrected chi connectivity index (χ4v) is 4.38. The van der Waals surface area contributed by atoms with Gasteiger partial charge in [-0.1, -0.05) is 18.2 Å². The van der Waals surface area contributed by atoms with Crippen molar-refractivity contribution in [3.05, 3.63) is 35.2 Å². The van der Waals surface area contributed by atoms with Crippen molar-refractivity contribution in [3.63, 3.8) is 0 Å². The first-order chi connectivity index (χ1) is 15.1. The van der Waals surface area contributed by atoms with Crippen molar-refractivity contribution in [2.75, 3.05) is 13.2 Å². The zero-order valence-corrected chi connectivity index (χ0v) is 20.7. The van der Waals surface area contributed by atoms with Crippen LogP contribution >= 0.6 is 11.3 Å². The van der Waals surface area contributed by atoms with Gasteiger partial charge in [-0.15, -0.1) is 11.3 Å². The number of carbonyl (C=O) groups is 2. The smallest absolute Gasteiger partial charge is 0.308 e. The third kappa shape index (κ3) is 7.27. The Morgan fingerprint density at radius 3 is 2.34 bits per heavy atom. The second kappa shape index (κ2) is 11.7. The average Bonchev–Trinajstić information content (AvgIpc) is 3.12. The maximum absolute atomic E-state index is 13.4. The average molecular weight is 465 g/mol. The molecule has 0 fully saturated rings. The number of fused-ring (bicyclic) bond motifs is 1. The molecule has 1 amide bonds. The number of nitrogens with two attached hydrogens (primary N) is 1. The minimum atomic E-state index is -1.03. The first-order valence-electron chi connectivity index (χ1n) is 11.0. The lowest BCUT2D eigenvalue weighted by Crippen LogP contribution is -2.53. The van der Waals surface area contributed by atoms with E-state index in [1.807, 2.05) is 44.4 Å². The van der Waals surface area contributed by atoms with Crippen molar-refractivity contribution in [1.29, 1.82) is 0 Å². The number of nitrogens with zero attached hydrogens (tertiary/aromatic N) is 1. The van der Waals surface area contributed by atoms with Crippen molar-refractivity contribution in [3.8, 4) is 0 Å². The van der Waals surface area contributed by atoms with Gasteiger partial charge in [0.05, 0.1) is 18.5 Å². The molecule has 0 saturated carbocycles. The van der Waals surface area contributed by atoms with Gasteiger partial charge in [-0.25, -0.2) is 0 Å². The molecule has 2 atom stereocenters. The molecule has 2 rings (SSSR count). The van der Waals surface area contributed by atoms with E-state index >= 15 is 0 Å². The van der Waals surface area contributed by atoms with Crippen molar-refractivity contribution < 1.29 is 23.8 Å². The summed E-state index contributed by atoms with van der Waals surface area (Å²) >= 11 is 1.63. The van der Waals surface area contributed by atoms with Crippen molar-refractivity contribution in [2.24, 2.45) is 5.73 Å². The Morgan fingerprint density at radius 1 is 1.12 bits per heavy atom. The van der Waals surface area contributed by atoms with Gasteiger partial charge in [-0.05, 0) is 63.9 Å². The molecule has 32 heavy (non-hydrogen) atoms. The molecule has 0 spiro atoms. The Hall–Kier alpha value is -2.00. The summed E-state index contributed by atoms with van der Waals surface area (Å²) in [5.74, 6) is -0.846. The summed E-state index contributed by atoms with van der Waals surface area (Å²) in [5.41, 5.74) is 6.57. The number of amides is 1. The van der Waals surface area contributed by atoms with Crippen molar-refractivity contribution >= 4 is 33.3 Å². The lowest BCUT2D eigenvalue weighted by Gasteiger charge is -2.35. The van der Waals surface area contributed by atoms with Crippen LogP contribution in [-0.4, -0.2) is 54.0 Å². The number of rotatable bonds is 11. The van der Waals surface area contributed by atoms with Crippen LogP contribution in [0.3, 0.4) is 0 Å². The predicted octanol–water partition coefficient (Wildman–Crippen LogP) is 4.08. The van der Waals surface area contributed by atoms with E-state index < -0.39 is 29.9 Å². The second-order valence-electron chi connectivity index (χ2n) is 8.64. The molecule has 0 saturated heterocycles. The van der Waals surface area contributed by atoms with E-state index in [2.05, 4.69) is 6.07 Å². The highest BCUT2D eigenvalue weighted by Crippen LogP contribution is 2.28. The molecular formula is C24H36N2O5S. The Bertz CT molecular complexity index is 886. The predicted molar refractivity (Wildman–Crippen MR) is 127 cm³/mol. The number of hydrogen-bond donors (Lipinski definition) is 1. The van der Waals surface area contributed by atoms with Crippen LogP contribution in [0.25, 0.3) is 10.1 Å². The molecule has 1 aromatic heterocycles. The van der Waals surface area contributed by atoms with Crippen molar-refractivity contribution in [2.45, 2.75) is 78.5 Å². The molecule has 2 N–H and O–H groups in total. The quantitative estimate of drug-likeness (QED) is 0.398. The normalized spacial score (nSPS) is 13.9. The molecule has 8 heteroatoms. The third-order valence-corrected chi connectivity index (χ3v) is 5.87. The lowest BCUT2D eigenvalue weighted by molar-refractivity contribution is -0.180. The molecule has 178 valence electrons. The summed E-state index contributed by atoms with van der Waals surface area (Å²) < 4.78 is 18.0. The van der Waals surface area contributed by atoms with Crippen LogP contribution in [0, 0.1) is 0 Å². The van der Waals surface area contributed by atoms with E-state index in [1.165, 1.54) is 0 Å². The number of hydrogen-bond acceptors (Lipinski definition) is 7. The highest BCUT2D eigenvalue weighted by atomic mass is 32.1. The standard InChI is InChI=1S/C24H36N2O5S/c1-7-29-23(30-8-2)16(3)26(14-17-15-32-20-12-10-9-11-18(17)20)22(28)19(25)13-21(27)31-24(4,5)6/h9-12,15-16,19,23H,7-8,13-14,25H2,1-6H3/t16-,19?/m1/s1. The summed E-state index contributed by atoms with van der Waals surface area (Å²) in [5, 5.41) is 3.14. The van der Waals surface area contributed by atoms with Gasteiger partial charge in [0.25, 0.3) is 0 Å². The molecular weight excluding hydrogens is 428 g/mol. The number of ether oxygens (including phenoxy) is 3. The van der Waals surface area contributed by atoms with E-state index in [-0.39, 0.29) is 12.3 Å². The van der Waals surface area contributed by atoms with Crippen LogP contribution in [0.5, 0.6) is 0 Å². The van der Waals surface area contributed by atoms with Crippen molar-refractivity contribution in [1.82, 2.24) is 4.90 Å². The first-order valence-corrected chi connectivity index (χ1v) is 11.9. The molecule has 1 heterocycles. The largest absolute Gasteiger partial charge is 0.460 e. The van der Waals surface area contributed by atoms with Gasteiger partial charge < -0.3 is 24.8 Å². The van der Waals surface area contributed by atoms with E-state index in [0.717, 1.165) is 15.6 Å². The summed E-state index contributed by atoms with van der Waals surface area (Å²) in [7, 11) is 0. The molecule has 0 bridgehead atoms. The fourth-order valence-electron chi connectivity index (χ4n) is 3.43. The molecule has 0 radical (unpaired) electrons. The zero-order valence-electron chi connectivity index (χ0n) is 19.9. The van der Waals surface area contributed by atoms with Crippen LogP contribution in [0.4, 0.5) is 0 Å². The van der Waals surface area contributed by atoms with Gasteiger partial charge in [0, 0.05) is 24.5 Å². The highest BCUT2D eigenvalue weighted by molar-refractivity contribution is 7.17. The third-order valence-electron chi connectivity index (χ3n) is 4.86. The molecule has 7 nitrogen and oxygen atoms in total. The Kier molecular flexibility index (Phi) is 9.64. The van der Waals surface area contributed by atoms with Gasteiger partial charge in [0.15, 0.2) is 6.29 Å². The highest BCUT2D eigenvalue weighted by Gasteiger charge is 2.33. The second-order valence-corrected chi connectivity index (χ2v) is 9.55. The summed E-state index contributed by atoms with van der Waals surface area (Å²) in [6.07, 6.45) is -0.801. The SMILES string of the molecule is CCOC(OCC)[C@@H](C)N(Cc1csc2ccccc12)C(=O)C(N)CC(=O)OC(C)(C)C. The van der Waals surface area contributed by atoms with E-state index in [0.29, 0.717) is 19.8 Å². The fraction of sp³-hybridized carbons (Fsp3) is 0.583. The van der Waals surface area contributed by atoms with E-state index in [4.69, 9.17) is 19.9 Å². The summed E-state index contributed by atoms with van der Waals surface area (Å²) in [4.78, 5) is 27.4. The van der Waals surface area contributed by atoms with Crippen LogP contribution in [0.2, 0.25) is 0 Å². The molecule has 0 aliphatic heterocycles. The van der Waals surface area contributed by atoms with E-state index in [9.17, 15) is 9.59 Å². The number of thiophene rings is 1. The monoisotopic (exact) mass is 464 g/mol. The number of carbonyl (C=O) groups excluding carboxylic acids is 2. The first kappa shape index (κ1) is 26.3. The molecule has 0 aliphatic rings. The zero-order chi connectivity index (χ0) is 23.9. The minimum Gasteiger partial charge on any atom is -0.460 e. The van der Waals surface area contributed by atoms with Crippen LogP contribution in [0.1, 0.15) is 53.5 Å². The van der Waals surface area contributed by atoms with E-state index in [1.54, 1.807) is 37.0 Å². The number of benzene rings is 1. The van der Waals surface area contributed by atoms with Crippen LogP contribution in [-0.2, 0) is 30.3 Å². The molecule has 0 aliphatic carbocycles. The summed E-state index contributed by atoms with van der Waals surface area (Å²) in [6.45, 7) is 12.2. The Labute approximate surface area is 194 Å². The van der Waals surface area contributed by atoms with Gasteiger partial charge in [-0.3, -0.25) is 9.59 Å². The summed E-state index contributed by atoms with van der Waals surface area (Å²) in [6, 6.07) is 6.62. The van der Waals surface area contributed by atoms with Gasteiger partial charge in [0.1, 0.15) is 5.60 Å². The van der Waals surface area contributed by atoms with Crippen LogP contribution < -0.4 is 5.73 Å². The lowest BCUT2D eigenvalue weighted by atomic mass is 10.1. The Balaban J connectivity index is 2.29. The van der Waals surface area contributed by atoms with Gasteiger partial charge in [0.2, 0.25) is 5.91 Å². The maximum Gasteiger partial charge on any atom is 0.308 e. The topological polar surface area (TPSA) is 91.1 Å². The minimum absolute atomic E-state index is 0.197. The van der Waals surface area contributed by atoms with Gasteiger partial charge in [-0.2, -0.15) is 0 Å². The molecule has 1 aromatic carbocycles.